The molecule has 25 heavy (non-hydrogen) atoms. The van der Waals surface area contributed by atoms with E-state index in [0.717, 1.165) is 30.2 Å². The second-order valence-electron chi connectivity index (χ2n) is 5.75. The zero-order chi connectivity index (χ0) is 17.1. The summed E-state index contributed by atoms with van der Waals surface area (Å²) in [4.78, 5) is 14.3. The molecule has 2 aliphatic heterocycles. The monoisotopic (exact) mass is 342 g/mol. The van der Waals surface area contributed by atoms with Crippen LogP contribution in [0.5, 0.6) is 11.5 Å². The molecule has 1 N–H and O–H groups in total. The van der Waals surface area contributed by atoms with Gasteiger partial charge < -0.3 is 24.4 Å². The van der Waals surface area contributed by atoms with Crippen molar-refractivity contribution in [2.75, 3.05) is 38.0 Å². The number of ether oxygens (including phenoxy) is 3. The van der Waals surface area contributed by atoms with Gasteiger partial charge in [-0.2, -0.15) is 0 Å². The van der Waals surface area contributed by atoms with Crippen LogP contribution in [0.3, 0.4) is 0 Å². The number of nitrogens with one attached hydrogen (secondary N) is 1. The van der Waals surface area contributed by atoms with Crippen LogP contribution in [0, 0.1) is 0 Å². The maximum atomic E-state index is 12.2. The summed E-state index contributed by atoms with van der Waals surface area (Å²) in [5.74, 6) is 1.91. The van der Waals surface area contributed by atoms with E-state index >= 15 is 0 Å². The minimum absolute atomic E-state index is 0.232. The minimum atomic E-state index is -0.265. The molecule has 0 atom stereocenters. The van der Waals surface area contributed by atoms with Gasteiger partial charge in [0, 0.05) is 19.6 Å². The highest BCUT2D eigenvalue weighted by molar-refractivity contribution is 5.92. The van der Waals surface area contributed by atoms with Crippen LogP contribution in [0.2, 0.25) is 0 Å². The van der Waals surface area contributed by atoms with E-state index in [1.54, 1.807) is 6.07 Å². The largest absolute Gasteiger partial charge is 0.454 e. The molecule has 1 saturated heterocycles. The van der Waals surface area contributed by atoms with E-state index in [1.165, 1.54) is 0 Å². The molecule has 1 aromatic heterocycles. The van der Waals surface area contributed by atoms with Gasteiger partial charge in [-0.1, -0.05) is 6.07 Å². The number of carbonyl (C=O) groups excluding carboxylic acids is 1. The Hall–Kier alpha value is -2.87. The molecule has 0 radical (unpaired) electrons. The van der Waals surface area contributed by atoms with Crippen molar-refractivity contribution in [1.82, 2.24) is 15.5 Å². The van der Waals surface area contributed by atoms with Crippen molar-refractivity contribution in [3.63, 3.8) is 0 Å². The van der Waals surface area contributed by atoms with Crippen LogP contribution < -0.4 is 19.7 Å². The van der Waals surface area contributed by atoms with Gasteiger partial charge in [-0.05, 0) is 29.8 Å². The van der Waals surface area contributed by atoms with Gasteiger partial charge in [0.1, 0.15) is 0 Å². The number of morpholine rings is 1. The molecule has 4 rings (SSSR count). The van der Waals surface area contributed by atoms with Gasteiger partial charge in [0.15, 0.2) is 23.0 Å². The third-order valence-corrected chi connectivity index (χ3v) is 4.11. The van der Waals surface area contributed by atoms with Crippen LogP contribution in [0.4, 0.5) is 5.82 Å². The van der Waals surface area contributed by atoms with Crippen LogP contribution in [0.1, 0.15) is 16.1 Å². The van der Waals surface area contributed by atoms with Crippen LogP contribution in [0.15, 0.2) is 30.3 Å². The Morgan fingerprint density at radius 1 is 1.08 bits per heavy atom. The summed E-state index contributed by atoms with van der Waals surface area (Å²) in [6.07, 6.45) is 0. The number of anilines is 1. The Kier molecular flexibility index (Phi) is 4.34. The lowest BCUT2D eigenvalue weighted by molar-refractivity contribution is 0.0944. The third kappa shape index (κ3) is 3.48. The van der Waals surface area contributed by atoms with Crippen molar-refractivity contribution >= 4 is 11.7 Å². The molecule has 2 aromatic rings. The van der Waals surface area contributed by atoms with E-state index in [-0.39, 0.29) is 18.4 Å². The number of carbonyl (C=O) groups is 1. The van der Waals surface area contributed by atoms with Crippen molar-refractivity contribution in [2.45, 2.75) is 6.54 Å². The summed E-state index contributed by atoms with van der Waals surface area (Å²) in [7, 11) is 0. The third-order valence-electron chi connectivity index (χ3n) is 4.11. The number of nitrogens with zero attached hydrogens (tertiary/aromatic N) is 3. The smallest absolute Gasteiger partial charge is 0.272 e. The summed E-state index contributed by atoms with van der Waals surface area (Å²) in [6, 6.07) is 9.08. The Bertz CT molecular complexity index is 760. The lowest BCUT2D eigenvalue weighted by atomic mass is 10.2. The van der Waals surface area contributed by atoms with Crippen molar-refractivity contribution < 1.29 is 19.0 Å². The average Bonchev–Trinajstić information content (AvgIpc) is 3.15. The quantitative estimate of drug-likeness (QED) is 0.886. The van der Waals surface area contributed by atoms with E-state index in [0.29, 0.717) is 25.5 Å². The summed E-state index contributed by atoms with van der Waals surface area (Å²) >= 11 is 0. The first kappa shape index (κ1) is 15.6. The number of amides is 1. The predicted octanol–water partition coefficient (Wildman–Crippen LogP) is 0.972. The number of aromatic nitrogens is 2. The first-order chi connectivity index (χ1) is 12.3. The second kappa shape index (κ2) is 6.94. The number of hydrogen-bond donors (Lipinski definition) is 1. The summed E-state index contributed by atoms with van der Waals surface area (Å²) < 4.78 is 15.9. The summed E-state index contributed by atoms with van der Waals surface area (Å²) in [5.41, 5.74) is 1.22. The normalized spacial score (nSPS) is 15.9. The molecule has 3 heterocycles. The molecule has 0 aliphatic carbocycles. The van der Waals surface area contributed by atoms with Crippen LogP contribution in [-0.2, 0) is 11.3 Å². The highest BCUT2D eigenvalue weighted by Gasteiger charge is 2.16. The number of fused-ring (bicyclic) bond motifs is 1. The fraction of sp³-hybridized carbons (Fsp3) is 0.353. The van der Waals surface area contributed by atoms with Gasteiger partial charge in [-0.3, -0.25) is 4.79 Å². The molecular weight excluding hydrogens is 324 g/mol. The molecule has 0 bridgehead atoms. The minimum Gasteiger partial charge on any atom is -0.454 e. The summed E-state index contributed by atoms with van der Waals surface area (Å²) in [6.45, 7) is 3.53. The Morgan fingerprint density at radius 2 is 1.92 bits per heavy atom. The van der Waals surface area contributed by atoms with Gasteiger partial charge in [0.2, 0.25) is 6.79 Å². The van der Waals surface area contributed by atoms with E-state index in [1.807, 2.05) is 24.3 Å². The lowest BCUT2D eigenvalue weighted by Crippen LogP contribution is -2.37. The SMILES string of the molecule is O=C(NCc1ccc2c(c1)OCO2)c1ccc(N2CCOCC2)nn1. The highest BCUT2D eigenvalue weighted by Crippen LogP contribution is 2.32. The zero-order valence-corrected chi connectivity index (χ0v) is 13.6. The fourth-order valence-electron chi connectivity index (χ4n) is 2.73. The highest BCUT2D eigenvalue weighted by atomic mass is 16.7. The molecule has 130 valence electrons. The maximum absolute atomic E-state index is 12.2. The zero-order valence-electron chi connectivity index (χ0n) is 13.6. The topological polar surface area (TPSA) is 85.8 Å². The molecule has 1 amide bonds. The maximum Gasteiger partial charge on any atom is 0.272 e. The molecule has 0 spiro atoms. The predicted molar refractivity (Wildman–Crippen MR) is 88.8 cm³/mol. The Morgan fingerprint density at radius 3 is 2.72 bits per heavy atom. The van der Waals surface area contributed by atoms with Gasteiger partial charge in [0.25, 0.3) is 5.91 Å². The Labute approximate surface area is 144 Å². The fourth-order valence-corrected chi connectivity index (χ4v) is 2.73. The molecular formula is C17H18N4O4. The van der Waals surface area contributed by atoms with Crippen LogP contribution in [-0.4, -0.2) is 49.2 Å². The van der Waals surface area contributed by atoms with Crippen molar-refractivity contribution in [1.29, 1.82) is 0 Å². The first-order valence-corrected chi connectivity index (χ1v) is 8.13. The van der Waals surface area contributed by atoms with E-state index in [4.69, 9.17) is 14.2 Å². The van der Waals surface area contributed by atoms with Crippen LogP contribution in [0.25, 0.3) is 0 Å². The Balaban J connectivity index is 1.36. The first-order valence-electron chi connectivity index (χ1n) is 8.13. The van der Waals surface area contributed by atoms with E-state index in [2.05, 4.69) is 20.4 Å². The van der Waals surface area contributed by atoms with Gasteiger partial charge in [0.05, 0.1) is 13.2 Å². The lowest BCUT2D eigenvalue weighted by Gasteiger charge is -2.27. The van der Waals surface area contributed by atoms with E-state index < -0.39 is 0 Å². The van der Waals surface area contributed by atoms with E-state index in [9.17, 15) is 4.79 Å². The van der Waals surface area contributed by atoms with Gasteiger partial charge in [-0.15, -0.1) is 10.2 Å². The molecule has 8 heteroatoms. The molecule has 1 fully saturated rings. The number of benzene rings is 1. The van der Waals surface area contributed by atoms with Gasteiger partial charge in [-0.25, -0.2) is 0 Å². The van der Waals surface area contributed by atoms with Crippen molar-refractivity contribution in [3.8, 4) is 11.5 Å². The average molecular weight is 342 g/mol. The van der Waals surface area contributed by atoms with Crippen LogP contribution >= 0.6 is 0 Å². The number of rotatable bonds is 4. The summed E-state index contributed by atoms with van der Waals surface area (Å²) in [5, 5.41) is 11.0. The van der Waals surface area contributed by atoms with Crippen molar-refractivity contribution in [3.05, 3.63) is 41.6 Å². The van der Waals surface area contributed by atoms with Gasteiger partial charge >= 0.3 is 0 Å². The molecule has 0 saturated carbocycles. The molecule has 1 aromatic carbocycles. The van der Waals surface area contributed by atoms with Crippen molar-refractivity contribution in [2.24, 2.45) is 0 Å². The number of hydrogen-bond acceptors (Lipinski definition) is 7. The molecule has 0 unspecified atom stereocenters. The molecule has 8 nitrogen and oxygen atoms in total. The molecule has 2 aliphatic rings. The second-order valence-corrected chi connectivity index (χ2v) is 5.75. The standard InChI is InChI=1S/C17H18N4O4/c22-17(18-10-12-1-3-14-15(9-12)25-11-24-14)13-2-4-16(20-19-13)21-5-7-23-8-6-21/h1-4,9H,5-8,10-11H2,(H,18,22).